The molecule has 4 heteroatoms. The van der Waals surface area contributed by atoms with Crippen molar-refractivity contribution in [2.24, 2.45) is 0 Å². The van der Waals surface area contributed by atoms with Crippen LogP contribution >= 0.6 is 11.6 Å². The SMILES string of the molecule is CCOC(=O)CNc1cccc(Cl)c1C. The first kappa shape index (κ1) is 11.9. The predicted octanol–water partition coefficient (Wildman–Crippen LogP) is 2.62. The molecule has 0 atom stereocenters. The number of hydrogen-bond donors (Lipinski definition) is 1. The van der Waals surface area contributed by atoms with Gasteiger partial charge in [0.05, 0.1) is 6.61 Å². The Bertz CT molecular complexity index is 352. The van der Waals surface area contributed by atoms with Crippen molar-refractivity contribution in [1.82, 2.24) is 0 Å². The molecule has 0 aromatic heterocycles. The van der Waals surface area contributed by atoms with Gasteiger partial charge in [0.15, 0.2) is 0 Å². The highest BCUT2D eigenvalue weighted by atomic mass is 35.5. The lowest BCUT2D eigenvalue weighted by Crippen LogP contribution is -2.17. The smallest absolute Gasteiger partial charge is 0.325 e. The molecular formula is C11H14ClNO2. The maximum atomic E-state index is 11.1. The third-order valence-corrected chi connectivity index (χ3v) is 2.41. The summed E-state index contributed by atoms with van der Waals surface area (Å²) in [5, 5.41) is 3.66. The summed E-state index contributed by atoms with van der Waals surface area (Å²) < 4.78 is 4.80. The van der Waals surface area contributed by atoms with Crippen molar-refractivity contribution in [2.45, 2.75) is 13.8 Å². The summed E-state index contributed by atoms with van der Waals surface area (Å²) in [4.78, 5) is 11.1. The standard InChI is InChI=1S/C11H14ClNO2/c1-3-15-11(14)7-13-10-6-4-5-9(12)8(10)2/h4-6,13H,3,7H2,1-2H3. The van der Waals surface area contributed by atoms with E-state index in [2.05, 4.69) is 5.32 Å². The molecule has 0 unspecified atom stereocenters. The van der Waals surface area contributed by atoms with Gasteiger partial charge in [0, 0.05) is 10.7 Å². The van der Waals surface area contributed by atoms with Crippen LogP contribution in [0.25, 0.3) is 0 Å². The molecule has 0 aliphatic rings. The Kier molecular flexibility index (Phi) is 4.43. The van der Waals surface area contributed by atoms with Gasteiger partial charge in [0.2, 0.25) is 0 Å². The fraction of sp³-hybridized carbons (Fsp3) is 0.364. The van der Waals surface area contributed by atoms with E-state index >= 15 is 0 Å². The number of carbonyl (C=O) groups is 1. The highest BCUT2D eigenvalue weighted by Crippen LogP contribution is 2.22. The first-order valence-electron chi connectivity index (χ1n) is 4.79. The summed E-state index contributed by atoms with van der Waals surface area (Å²) >= 11 is 5.93. The minimum absolute atomic E-state index is 0.162. The highest BCUT2D eigenvalue weighted by Gasteiger charge is 2.04. The summed E-state index contributed by atoms with van der Waals surface area (Å²) in [7, 11) is 0. The first-order chi connectivity index (χ1) is 7.15. The Labute approximate surface area is 94.4 Å². The Morgan fingerprint density at radius 1 is 1.53 bits per heavy atom. The maximum Gasteiger partial charge on any atom is 0.325 e. The van der Waals surface area contributed by atoms with E-state index in [9.17, 15) is 4.79 Å². The third kappa shape index (κ3) is 3.44. The Morgan fingerprint density at radius 2 is 2.27 bits per heavy atom. The number of anilines is 1. The molecule has 1 aromatic carbocycles. The number of benzene rings is 1. The molecule has 1 N–H and O–H groups in total. The number of hydrogen-bond acceptors (Lipinski definition) is 3. The van der Waals surface area contributed by atoms with E-state index in [4.69, 9.17) is 16.3 Å². The molecule has 0 saturated carbocycles. The van der Waals surface area contributed by atoms with Gasteiger partial charge in [-0.15, -0.1) is 0 Å². The van der Waals surface area contributed by atoms with Crippen LogP contribution in [0.1, 0.15) is 12.5 Å². The van der Waals surface area contributed by atoms with E-state index in [0.29, 0.717) is 11.6 Å². The van der Waals surface area contributed by atoms with Gasteiger partial charge < -0.3 is 10.1 Å². The number of rotatable bonds is 4. The minimum Gasteiger partial charge on any atom is -0.465 e. The maximum absolute atomic E-state index is 11.1. The summed E-state index contributed by atoms with van der Waals surface area (Å²) in [6.45, 7) is 4.24. The summed E-state index contributed by atoms with van der Waals surface area (Å²) in [6, 6.07) is 5.52. The predicted molar refractivity (Wildman–Crippen MR) is 61.3 cm³/mol. The van der Waals surface area contributed by atoms with Crippen LogP contribution in [0.15, 0.2) is 18.2 Å². The van der Waals surface area contributed by atoms with Crippen LogP contribution in [-0.4, -0.2) is 19.1 Å². The van der Waals surface area contributed by atoms with E-state index in [0.717, 1.165) is 11.3 Å². The van der Waals surface area contributed by atoms with Gasteiger partial charge in [0.1, 0.15) is 6.54 Å². The van der Waals surface area contributed by atoms with Gasteiger partial charge in [-0.25, -0.2) is 0 Å². The topological polar surface area (TPSA) is 38.3 Å². The van der Waals surface area contributed by atoms with Gasteiger partial charge >= 0.3 is 5.97 Å². The summed E-state index contributed by atoms with van der Waals surface area (Å²) in [5.74, 6) is -0.267. The second-order valence-electron chi connectivity index (χ2n) is 3.07. The van der Waals surface area contributed by atoms with Gasteiger partial charge in [0.25, 0.3) is 0 Å². The molecule has 15 heavy (non-hydrogen) atoms. The molecule has 1 rings (SSSR count). The minimum atomic E-state index is -0.267. The van der Waals surface area contributed by atoms with Crippen molar-refractivity contribution in [3.63, 3.8) is 0 Å². The van der Waals surface area contributed by atoms with E-state index in [1.165, 1.54) is 0 Å². The molecule has 0 aliphatic carbocycles. The molecule has 1 aromatic rings. The monoisotopic (exact) mass is 227 g/mol. The van der Waals surface area contributed by atoms with Crippen LogP contribution in [0.4, 0.5) is 5.69 Å². The first-order valence-corrected chi connectivity index (χ1v) is 5.17. The fourth-order valence-electron chi connectivity index (χ4n) is 1.18. The van der Waals surface area contributed by atoms with Crippen molar-refractivity contribution < 1.29 is 9.53 Å². The molecule has 0 spiro atoms. The van der Waals surface area contributed by atoms with Crippen LogP contribution in [0.5, 0.6) is 0 Å². The zero-order chi connectivity index (χ0) is 11.3. The molecule has 0 saturated heterocycles. The lowest BCUT2D eigenvalue weighted by Gasteiger charge is -2.09. The van der Waals surface area contributed by atoms with E-state index in [1.807, 2.05) is 25.1 Å². The van der Waals surface area contributed by atoms with Crippen LogP contribution in [0.3, 0.4) is 0 Å². The number of halogens is 1. The van der Waals surface area contributed by atoms with Crippen molar-refractivity contribution in [3.05, 3.63) is 28.8 Å². The average molecular weight is 228 g/mol. The molecule has 3 nitrogen and oxygen atoms in total. The second-order valence-corrected chi connectivity index (χ2v) is 3.48. The fourth-order valence-corrected chi connectivity index (χ4v) is 1.35. The van der Waals surface area contributed by atoms with Gasteiger partial charge in [-0.2, -0.15) is 0 Å². The molecule has 0 bridgehead atoms. The zero-order valence-electron chi connectivity index (χ0n) is 8.84. The number of nitrogens with one attached hydrogen (secondary N) is 1. The molecule has 0 aliphatic heterocycles. The molecule has 0 fully saturated rings. The van der Waals surface area contributed by atoms with Gasteiger partial charge in [-0.1, -0.05) is 17.7 Å². The van der Waals surface area contributed by atoms with E-state index in [1.54, 1.807) is 6.92 Å². The van der Waals surface area contributed by atoms with Crippen molar-refractivity contribution >= 4 is 23.3 Å². The number of ether oxygens (including phenoxy) is 1. The third-order valence-electron chi connectivity index (χ3n) is 2.00. The molecule has 0 amide bonds. The van der Waals surface area contributed by atoms with Crippen LogP contribution in [-0.2, 0) is 9.53 Å². The number of esters is 1. The number of carbonyl (C=O) groups excluding carboxylic acids is 1. The summed E-state index contributed by atoms with van der Waals surface area (Å²) in [6.07, 6.45) is 0. The Morgan fingerprint density at radius 3 is 2.93 bits per heavy atom. The van der Waals surface area contributed by atoms with Crippen LogP contribution < -0.4 is 5.32 Å². The van der Waals surface area contributed by atoms with Crippen LogP contribution in [0.2, 0.25) is 5.02 Å². The van der Waals surface area contributed by atoms with Crippen molar-refractivity contribution in [2.75, 3.05) is 18.5 Å². The molecular weight excluding hydrogens is 214 g/mol. The lowest BCUT2D eigenvalue weighted by atomic mass is 10.2. The largest absolute Gasteiger partial charge is 0.465 e. The van der Waals surface area contributed by atoms with E-state index < -0.39 is 0 Å². The van der Waals surface area contributed by atoms with Gasteiger partial charge in [-0.3, -0.25) is 4.79 Å². The average Bonchev–Trinajstić information content (AvgIpc) is 2.21. The van der Waals surface area contributed by atoms with Gasteiger partial charge in [-0.05, 0) is 31.5 Å². The Balaban J connectivity index is 2.58. The van der Waals surface area contributed by atoms with Crippen molar-refractivity contribution in [1.29, 1.82) is 0 Å². The molecule has 82 valence electrons. The molecule has 0 radical (unpaired) electrons. The second kappa shape index (κ2) is 5.61. The Hall–Kier alpha value is -1.22. The highest BCUT2D eigenvalue weighted by molar-refractivity contribution is 6.31. The zero-order valence-corrected chi connectivity index (χ0v) is 9.60. The normalized spacial score (nSPS) is 9.80. The van der Waals surface area contributed by atoms with Crippen LogP contribution in [0, 0.1) is 6.92 Å². The quantitative estimate of drug-likeness (QED) is 0.804. The molecule has 0 heterocycles. The van der Waals surface area contributed by atoms with Crippen molar-refractivity contribution in [3.8, 4) is 0 Å². The van der Waals surface area contributed by atoms with E-state index in [-0.39, 0.29) is 12.5 Å². The lowest BCUT2D eigenvalue weighted by molar-refractivity contribution is -0.140. The summed E-state index contributed by atoms with van der Waals surface area (Å²) in [5.41, 5.74) is 1.79.